The van der Waals surface area contributed by atoms with E-state index in [1.54, 1.807) is 0 Å². The number of fused-ring (bicyclic) bond motifs is 12. The highest BCUT2D eigenvalue weighted by atomic mass is 15.1. The lowest BCUT2D eigenvalue weighted by molar-refractivity contribution is 0.332. The average Bonchev–Trinajstić information content (AvgIpc) is 3.78. The molecule has 1 nitrogen and oxygen atoms in total. The fourth-order valence-electron chi connectivity index (χ4n) is 12.1. The van der Waals surface area contributed by atoms with Crippen molar-refractivity contribution in [2.24, 2.45) is 0 Å². The van der Waals surface area contributed by atoms with Crippen molar-refractivity contribution < 1.29 is 0 Å². The van der Waals surface area contributed by atoms with Gasteiger partial charge in [0.15, 0.2) is 0 Å². The molecule has 0 amide bonds. The van der Waals surface area contributed by atoms with Crippen LogP contribution in [0.1, 0.15) is 97.9 Å². The summed E-state index contributed by atoms with van der Waals surface area (Å²) in [6.07, 6.45) is 7.09. The third-order valence-electron chi connectivity index (χ3n) is 15.4. The summed E-state index contributed by atoms with van der Waals surface area (Å²) in [4.78, 5) is 2.62. The molecule has 0 unspecified atom stereocenters. The highest BCUT2D eigenvalue weighted by molar-refractivity contribution is 6.00. The molecule has 0 atom stereocenters. The van der Waals surface area contributed by atoms with E-state index in [0.717, 1.165) is 12.8 Å². The summed E-state index contributed by atoms with van der Waals surface area (Å²) in [5.74, 6) is 0. The van der Waals surface area contributed by atoms with Crippen molar-refractivity contribution in [3.63, 3.8) is 0 Å². The van der Waals surface area contributed by atoms with Gasteiger partial charge in [-0.05, 0) is 169 Å². The Morgan fingerprint density at radius 2 is 0.919 bits per heavy atom. The molecule has 302 valence electrons. The molecule has 0 fully saturated rings. The number of rotatable bonds is 5. The quantitative estimate of drug-likeness (QED) is 0.168. The van der Waals surface area contributed by atoms with Crippen LogP contribution in [-0.2, 0) is 29.1 Å². The third-order valence-corrected chi connectivity index (χ3v) is 15.4. The van der Waals surface area contributed by atoms with Crippen LogP contribution in [0.25, 0.3) is 44.5 Å². The number of aryl methyl sites for hydroxylation is 1. The van der Waals surface area contributed by atoms with E-state index >= 15 is 0 Å². The molecule has 1 heteroatoms. The van der Waals surface area contributed by atoms with Crippen molar-refractivity contribution in [1.29, 1.82) is 0 Å². The molecule has 0 aromatic heterocycles. The van der Waals surface area contributed by atoms with Gasteiger partial charge in [-0.15, -0.1) is 0 Å². The molecular formula is C61H53N. The molecule has 0 saturated carbocycles. The molecule has 0 bridgehead atoms. The molecule has 8 aromatic rings. The second-order valence-corrected chi connectivity index (χ2v) is 19.7. The van der Waals surface area contributed by atoms with Crippen LogP contribution in [0.2, 0.25) is 0 Å². The van der Waals surface area contributed by atoms with Crippen molar-refractivity contribution in [2.45, 2.75) is 82.5 Å². The maximum atomic E-state index is 2.63. The van der Waals surface area contributed by atoms with Gasteiger partial charge in [0.1, 0.15) is 0 Å². The first-order chi connectivity index (χ1) is 30.2. The molecule has 4 aliphatic rings. The molecule has 4 aliphatic carbocycles. The average molecular weight is 800 g/mol. The van der Waals surface area contributed by atoms with Gasteiger partial charge in [0, 0.05) is 16.9 Å². The fraction of sp³-hybridized carbons (Fsp3) is 0.213. The number of nitrogens with zero attached hydrogens (tertiary/aromatic N) is 1. The van der Waals surface area contributed by atoms with Crippen LogP contribution in [0.5, 0.6) is 0 Å². The Labute approximate surface area is 367 Å². The summed E-state index contributed by atoms with van der Waals surface area (Å²) in [6, 6.07) is 67.6. The molecule has 62 heavy (non-hydrogen) atoms. The molecule has 1 spiro atoms. The minimum Gasteiger partial charge on any atom is -0.310 e. The minimum absolute atomic E-state index is 0.0614. The van der Waals surface area contributed by atoms with Gasteiger partial charge in [-0.3, -0.25) is 0 Å². The molecule has 8 aromatic carbocycles. The zero-order valence-corrected chi connectivity index (χ0v) is 36.4. The Morgan fingerprint density at radius 1 is 0.371 bits per heavy atom. The zero-order chi connectivity index (χ0) is 41.8. The van der Waals surface area contributed by atoms with E-state index in [9.17, 15) is 0 Å². The lowest BCUT2D eigenvalue weighted by Crippen LogP contribution is -2.34. The molecule has 0 heterocycles. The number of hydrogen-bond donors (Lipinski definition) is 0. The number of anilines is 3. The predicted molar refractivity (Wildman–Crippen MR) is 260 cm³/mol. The Bertz CT molecular complexity index is 3030. The van der Waals surface area contributed by atoms with E-state index in [1.807, 2.05) is 0 Å². The van der Waals surface area contributed by atoms with Crippen LogP contribution >= 0.6 is 0 Å². The zero-order valence-electron chi connectivity index (χ0n) is 36.4. The van der Waals surface area contributed by atoms with Crippen LogP contribution < -0.4 is 4.90 Å². The van der Waals surface area contributed by atoms with Gasteiger partial charge in [-0.2, -0.15) is 0 Å². The SMILES string of the molecule is CC1(C)CCC(C)(C)c2cc(N(c3ccc(-c4ccccc4)cc3)c3cc4c(cc3-c3cccc5c3CCCC5)-c3ccccc3C43c4ccccc4-c4ccccc43)ccc21. The fourth-order valence-corrected chi connectivity index (χ4v) is 12.1. The summed E-state index contributed by atoms with van der Waals surface area (Å²) < 4.78 is 0. The second-order valence-electron chi connectivity index (χ2n) is 19.7. The van der Waals surface area contributed by atoms with E-state index < -0.39 is 5.41 Å². The second kappa shape index (κ2) is 13.8. The third kappa shape index (κ3) is 5.40. The topological polar surface area (TPSA) is 3.24 Å². The van der Waals surface area contributed by atoms with Gasteiger partial charge in [0.05, 0.1) is 11.1 Å². The summed E-state index contributed by atoms with van der Waals surface area (Å²) in [7, 11) is 0. The number of hydrogen-bond acceptors (Lipinski definition) is 1. The molecule has 0 aliphatic heterocycles. The van der Waals surface area contributed by atoms with Gasteiger partial charge in [-0.25, -0.2) is 0 Å². The van der Waals surface area contributed by atoms with Crippen LogP contribution in [0.4, 0.5) is 17.1 Å². The van der Waals surface area contributed by atoms with E-state index in [4.69, 9.17) is 0 Å². The molecule has 0 N–H and O–H groups in total. The summed E-state index contributed by atoms with van der Waals surface area (Å²) >= 11 is 0. The largest absolute Gasteiger partial charge is 0.310 e. The highest BCUT2D eigenvalue weighted by Crippen LogP contribution is 2.64. The summed E-state index contributed by atoms with van der Waals surface area (Å²) in [5.41, 5.74) is 25.3. The van der Waals surface area contributed by atoms with Gasteiger partial charge in [0.2, 0.25) is 0 Å². The molecule has 12 rings (SSSR count). The van der Waals surface area contributed by atoms with Gasteiger partial charge < -0.3 is 4.90 Å². The molecular weight excluding hydrogens is 747 g/mol. The maximum absolute atomic E-state index is 2.63. The Balaban J connectivity index is 1.20. The Kier molecular flexibility index (Phi) is 8.30. The monoisotopic (exact) mass is 799 g/mol. The van der Waals surface area contributed by atoms with Crippen LogP contribution in [0.3, 0.4) is 0 Å². The van der Waals surface area contributed by atoms with E-state index in [0.29, 0.717) is 0 Å². The number of benzene rings is 8. The minimum atomic E-state index is -0.451. The van der Waals surface area contributed by atoms with Gasteiger partial charge >= 0.3 is 0 Å². The van der Waals surface area contributed by atoms with Gasteiger partial charge in [-0.1, -0.05) is 167 Å². The van der Waals surface area contributed by atoms with Crippen molar-refractivity contribution in [1.82, 2.24) is 0 Å². The normalized spacial score (nSPS) is 16.7. The van der Waals surface area contributed by atoms with Crippen molar-refractivity contribution >= 4 is 17.1 Å². The Morgan fingerprint density at radius 3 is 1.60 bits per heavy atom. The van der Waals surface area contributed by atoms with Crippen LogP contribution in [-0.4, -0.2) is 0 Å². The first kappa shape index (κ1) is 37.3. The predicted octanol–water partition coefficient (Wildman–Crippen LogP) is 16.1. The highest BCUT2D eigenvalue weighted by Gasteiger charge is 2.52. The van der Waals surface area contributed by atoms with E-state index in [-0.39, 0.29) is 10.8 Å². The van der Waals surface area contributed by atoms with Gasteiger partial charge in [0.25, 0.3) is 0 Å². The Hall–Kier alpha value is -6.44. The maximum Gasteiger partial charge on any atom is 0.0726 e. The van der Waals surface area contributed by atoms with E-state index in [1.165, 1.54) is 132 Å². The lowest BCUT2D eigenvalue weighted by Gasteiger charge is -2.42. The summed E-state index contributed by atoms with van der Waals surface area (Å²) in [6.45, 7) is 9.78. The first-order valence-electron chi connectivity index (χ1n) is 22.9. The van der Waals surface area contributed by atoms with Crippen molar-refractivity contribution in [3.8, 4) is 44.5 Å². The first-order valence-corrected chi connectivity index (χ1v) is 22.9. The standard InChI is InChI=1S/C61H53N/c1-59(2)35-36-60(3,4)57-37-44(33-34-55(57)59)62(43-31-29-41(30-32-43)40-17-6-5-7-18-40)58-39-56-50(38-51(58)46-25-16-20-42-19-8-9-21-45(42)46)49-24-12-15-28-54(49)61(56)52-26-13-10-22-47(52)48-23-11-14-27-53(48)61/h5-7,10-18,20,22-34,37-39H,8-9,19,21,35-36H2,1-4H3. The lowest BCUT2D eigenvalue weighted by atomic mass is 9.63. The van der Waals surface area contributed by atoms with E-state index in [2.05, 4.69) is 209 Å². The van der Waals surface area contributed by atoms with Crippen LogP contribution in [0, 0.1) is 0 Å². The van der Waals surface area contributed by atoms with Crippen molar-refractivity contribution in [3.05, 3.63) is 220 Å². The smallest absolute Gasteiger partial charge is 0.0726 e. The summed E-state index contributed by atoms with van der Waals surface area (Å²) in [5, 5.41) is 0. The van der Waals surface area contributed by atoms with Crippen molar-refractivity contribution in [2.75, 3.05) is 4.90 Å². The molecule has 0 saturated heterocycles. The van der Waals surface area contributed by atoms with Crippen LogP contribution in [0.15, 0.2) is 176 Å². The molecule has 0 radical (unpaired) electrons.